The Morgan fingerprint density at radius 2 is 1.71 bits per heavy atom. The number of aryl methyl sites for hydroxylation is 2. The van der Waals surface area contributed by atoms with Crippen LogP contribution in [0.15, 0.2) is 18.2 Å². The van der Waals surface area contributed by atoms with Gasteiger partial charge >= 0.3 is 12.1 Å². The molecular formula is C23H31F3O2. The van der Waals surface area contributed by atoms with E-state index in [4.69, 9.17) is 4.74 Å². The number of ether oxygens (including phenoxy) is 1. The Morgan fingerprint density at radius 1 is 1.14 bits per heavy atom. The van der Waals surface area contributed by atoms with Gasteiger partial charge in [-0.05, 0) is 73.6 Å². The van der Waals surface area contributed by atoms with Gasteiger partial charge in [-0.25, -0.2) is 4.79 Å². The predicted molar refractivity (Wildman–Crippen MR) is 106 cm³/mol. The van der Waals surface area contributed by atoms with Crippen molar-refractivity contribution in [3.8, 4) is 0 Å². The molecule has 156 valence electrons. The summed E-state index contributed by atoms with van der Waals surface area (Å²) < 4.78 is 46.7. The topological polar surface area (TPSA) is 26.3 Å². The summed E-state index contributed by atoms with van der Waals surface area (Å²) in [5.41, 5.74) is 1.53. The summed E-state index contributed by atoms with van der Waals surface area (Å²) in [5, 5.41) is 0. The average molecular weight is 396 g/mol. The molecule has 5 heteroatoms. The fourth-order valence-electron chi connectivity index (χ4n) is 4.07. The summed E-state index contributed by atoms with van der Waals surface area (Å²) in [4.78, 5) is 12.5. The lowest BCUT2D eigenvalue weighted by Gasteiger charge is -2.36. The second kappa shape index (κ2) is 8.71. The van der Waals surface area contributed by atoms with Crippen LogP contribution in [0.4, 0.5) is 13.2 Å². The third-order valence-electron chi connectivity index (χ3n) is 6.03. The first-order valence-electron chi connectivity index (χ1n) is 9.97. The molecule has 2 rings (SSSR count). The van der Waals surface area contributed by atoms with Gasteiger partial charge in [0.15, 0.2) is 0 Å². The van der Waals surface area contributed by atoms with Gasteiger partial charge in [0.1, 0.15) is 6.10 Å². The second-order valence-corrected chi connectivity index (χ2v) is 8.59. The van der Waals surface area contributed by atoms with Crippen molar-refractivity contribution >= 4 is 11.5 Å². The molecule has 0 aromatic heterocycles. The Labute approximate surface area is 166 Å². The molecule has 1 aromatic carbocycles. The van der Waals surface area contributed by atoms with Crippen molar-refractivity contribution < 1.29 is 22.7 Å². The number of carbonyl (C=O) groups excluding carboxylic acids is 1. The Balaban J connectivity index is 2.33. The Bertz CT molecular complexity index is 724. The van der Waals surface area contributed by atoms with Crippen LogP contribution in [-0.4, -0.2) is 18.2 Å². The van der Waals surface area contributed by atoms with Crippen LogP contribution in [0, 0.1) is 38.5 Å². The zero-order chi connectivity index (χ0) is 21.2. The summed E-state index contributed by atoms with van der Waals surface area (Å²) in [6.45, 7) is 11.6. The largest absolute Gasteiger partial charge is 0.459 e. The lowest BCUT2D eigenvalue weighted by atomic mass is 9.75. The number of hydrogen-bond acceptors (Lipinski definition) is 2. The van der Waals surface area contributed by atoms with E-state index in [2.05, 4.69) is 20.8 Å². The van der Waals surface area contributed by atoms with Crippen LogP contribution >= 0.6 is 0 Å². The van der Waals surface area contributed by atoms with Crippen molar-refractivity contribution in [1.29, 1.82) is 0 Å². The highest BCUT2D eigenvalue weighted by molar-refractivity contribution is 5.93. The second-order valence-electron chi connectivity index (χ2n) is 8.59. The van der Waals surface area contributed by atoms with Crippen molar-refractivity contribution in [2.45, 2.75) is 73.1 Å². The quantitative estimate of drug-likeness (QED) is 0.425. The van der Waals surface area contributed by atoms with E-state index < -0.39 is 17.7 Å². The van der Waals surface area contributed by atoms with Crippen LogP contribution in [0.2, 0.25) is 0 Å². The molecule has 0 heterocycles. The average Bonchev–Trinajstić information content (AvgIpc) is 2.56. The maximum Gasteiger partial charge on any atom is 0.417 e. The molecule has 0 bridgehead atoms. The highest BCUT2D eigenvalue weighted by Crippen LogP contribution is 2.37. The molecule has 28 heavy (non-hydrogen) atoms. The molecule has 0 spiro atoms. The smallest absolute Gasteiger partial charge is 0.417 e. The minimum Gasteiger partial charge on any atom is -0.459 e. The minimum atomic E-state index is -4.63. The molecule has 1 fully saturated rings. The number of halogens is 3. The fraction of sp³-hybridized carbons (Fsp3) is 0.609. The first kappa shape index (κ1) is 22.5. The number of hydrogen-bond donors (Lipinski definition) is 0. The predicted octanol–water partition coefficient (Wildman–Crippen LogP) is 6.56. The molecule has 0 radical (unpaired) electrons. The standard InChI is InChI=1S/C23H31F3O2/c1-13(2)19-8-7-14(3)9-21(19)28-22(27)12-20(23(24,25)26)18-10-15(4)17(6)16(5)11-18/h10-14,19,21H,7-9H2,1-6H3/b20-12+/t14-,19+,21-/m0/s1. The monoisotopic (exact) mass is 396 g/mol. The number of rotatable bonds is 4. The Hall–Kier alpha value is -1.78. The lowest BCUT2D eigenvalue weighted by molar-refractivity contribution is -0.150. The van der Waals surface area contributed by atoms with Gasteiger partial charge in [0, 0.05) is 6.08 Å². The zero-order valence-electron chi connectivity index (χ0n) is 17.6. The summed E-state index contributed by atoms with van der Waals surface area (Å²) in [5.74, 6) is -0.000246. The zero-order valence-corrected chi connectivity index (χ0v) is 17.6. The number of esters is 1. The van der Waals surface area contributed by atoms with Gasteiger partial charge in [0.05, 0.1) is 5.57 Å². The fourth-order valence-corrected chi connectivity index (χ4v) is 4.07. The summed E-state index contributed by atoms with van der Waals surface area (Å²) >= 11 is 0. The third-order valence-corrected chi connectivity index (χ3v) is 6.03. The highest BCUT2D eigenvalue weighted by Gasteiger charge is 2.37. The first-order valence-corrected chi connectivity index (χ1v) is 9.97. The van der Waals surface area contributed by atoms with Crippen molar-refractivity contribution in [3.05, 3.63) is 40.5 Å². The molecule has 0 aliphatic heterocycles. The maximum atomic E-state index is 13.7. The molecule has 1 aliphatic rings. The Morgan fingerprint density at radius 3 is 2.21 bits per heavy atom. The molecule has 2 nitrogen and oxygen atoms in total. The van der Waals surface area contributed by atoms with Gasteiger partial charge in [0.2, 0.25) is 0 Å². The van der Waals surface area contributed by atoms with Gasteiger partial charge in [-0.15, -0.1) is 0 Å². The summed E-state index contributed by atoms with van der Waals surface area (Å²) in [6, 6.07) is 2.96. The first-order chi connectivity index (χ1) is 12.9. The highest BCUT2D eigenvalue weighted by atomic mass is 19.4. The van der Waals surface area contributed by atoms with Gasteiger partial charge in [-0.1, -0.05) is 39.3 Å². The van der Waals surface area contributed by atoms with E-state index in [1.54, 1.807) is 13.8 Å². The van der Waals surface area contributed by atoms with Gasteiger partial charge in [0.25, 0.3) is 0 Å². The van der Waals surface area contributed by atoms with E-state index in [1.165, 1.54) is 12.1 Å². The van der Waals surface area contributed by atoms with Crippen molar-refractivity contribution in [2.24, 2.45) is 17.8 Å². The normalized spacial score (nSPS) is 23.8. The molecule has 0 amide bonds. The van der Waals surface area contributed by atoms with Crippen LogP contribution in [0.3, 0.4) is 0 Å². The van der Waals surface area contributed by atoms with Crippen LogP contribution in [0.25, 0.3) is 5.57 Å². The van der Waals surface area contributed by atoms with E-state index in [0.717, 1.165) is 29.5 Å². The van der Waals surface area contributed by atoms with Crippen LogP contribution in [0.1, 0.15) is 62.3 Å². The van der Waals surface area contributed by atoms with E-state index in [1.807, 2.05) is 6.92 Å². The molecule has 0 saturated heterocycles. The van der Waals surface area contributed by atoms with Crippen LogP contribution < -0.4 is 0 Å². The van der Waals surface area contributed by atoms with Crippen molar-refractivity contribution in [1.82, 2.24) is 0 Å². The minimum absolute atomic E-state index is 0.00229. The molecule has 0 unspecified atom stereocenters. The maximum absolute atomic E-state index is 13.7. The third kappa shape index (κ3) is 5.39. The van der Waals surface area contributed by atoms with E-state index >= 15 is 0 Å². The van der Waals surface area contributed by atoms with Crippen molar-refractivity contribution in [2.75, 3.05) is 0 Å². The van der Waals surface area contributed by atoms with Gasteiger partial charge in [-0.3, -0.25) is 0 Å². The molecule has 0 N–H and O–H groups in total. The van der Waals surface area contributed by atoms with E-state index in [-0.39, 0.29) is 17.6 Å². The molecule has 1 saturated carbocycles. The molecule has 1 aromatic rings. The number of carbonyl (C=O) groups is 1. The lowest BCUT2D eigenvalue weighted by Crippen LogP contribution is -2.35. The summed E-state index contributed by atoms with van der Waals surface area (Å²) in [6.07, 6.45) is -1.65. The van der Waals surface area contributed by atoms with Crippen LogP contribution in [0.5, 0.6) is 0 Å². The van der Waals surface area contributed by atoms with Crippen LogP contribution in [-0.2, 0) is 9.53 Å². The van der Waals surface area contributed by atoms with E-state index in [9.17, 15) is 18.0 Å². The summed E-state index contributed by atoms with van der Waals surface area (Å²) in [7, 11) is 0. The molecule has 1 aliphatic carbocycles. The van der Waals surface area contributed by atoms with Gasteiger partial charge < -0.3 is 4.74 Å². The number of alkyl halides is 3. The Kier molecular flexibility index (Phi) is 7.00. The van der Waals surface area contributed by atoms with Crippen molar-refractivity contribution in [3.63, 3.8) is 0 Å². The number of allylic oxidation sites excluding steroid dienone is 1. The van der Waals surface area contributed by atoms with Gasteiger partial charge in [-0.2, -0.15) is 13.2 Å². The molecule has 3 atom stereocenters. The number of benzene rings is 1. The van der Waals surface area contributed by atoms with E-state index in [0.29, 0.717) is 24.3 Å². The SMILES string of the molecule is Cc1cc(/C(=C\C(=O)O[C@H]2C[C@@H](C)CC[C@@H]2C(C)C)C(F)(F)F)cc(C)c1C. The molecular weight excluding hydrogens is 365 g/mol.